The van der Waals surface area contributed by atoms with Crippen LogP contribution in [0.5, 0.6) is 5.75 Å². The van der Waals surface area contributed by atoms with Gasteiger partial charge in [0.2, 0.25) is 11.8 Å². The highest BCUT2D eigenvalue weighted by molar-refractivity contribution is 5.91. The Kier molecular flexibility index (Phi) is 7.44. The molecule has 0 aromatic heterocycles. The number of amides is 2. The highest BCUT2D eigenvalue weighted by atomic mass is 16.5. The Hall–Kier alpha value is -3.60. The maximum absolute atomic E-state index is 12.8. The van der Waals surface area contributed by atoms with E-state index in [0.29, 0.717) is 12.1 Å². The van der Waals surface area contributed by atoms with Crippen LogP contribution in [0.4, 0.5) is 5.69 Å². The fourth-order valence-corrected chi connectivity index (χ4v) is 3.50. The first kappa shape index (κ1) is 22.1. The van der Waals surface area contributed by atoms with Crippen molar-refractivity contribution in [2.75, 3.05) is 12.4 Å². The molecule has 160 valence electrons. The number of carbonyl (C=O) groups excluding carboxylic acids is 2. The molecule has 0 bridgehead atoms. The van der Waals surface area contributed by atoms with Gasteiger partial charge in [-0.1, -0.05) is 60.2 Å². The van der Waals surface area contributed by atoms with Crippen molar-refractivity contribution in [2.24, 2.45) is 0 Å². The lowest BCUT2D eigenvalue weighted by molar-refractivity contribution is -0.120. The van der Waals surface area contributed by atoms with Crippen molar-refractivity contribution in [3.8, 4) is 5.75 Å². The van der Waals surface area contributed by atoms with Crippen molar-refractivity contribution in [2.45, 2.75) is 32.7 Å². The van der Waals surface area contributed by atoms with E-state index in [1.165, 1.54) is 6.92 Å². The number of hydrogen-bond acceptors (Lipinski definition) is 3. The van der Waals surface area contributed by atoms with E-state index in [9.17, 15) is 9.59 Å². The van der Waals surface area contributed by atoms with E-state index in [4.69, 9.17) is 4.74 Å². The van der Waals surface area contributed by atoms with Crippen LogP contribution < -0.4 is 15.4 Å². The maximum atomic E-state index is 12.8. The van der Waals surface area contributed by atoms with Gasteiger partial charge in [0.05, 0.1) is 19.6 Å². The summed E-state index contributed by atoms with van der Waals surface area (Å²) < 4.78 is 5.49. The van der Waals surface area contributed by atoms with Gasteiger partial charge in [-0.15, -0.1) is 0 Å². The van der Waals surface area contributed by atoms with Crippen LogP contribution >= 0.6 is 0 Å². The standard InChI is InChI=1S/C26H28N2O3/c1-18-9-11-21(12-10-18)24(27-19(2)29)17-26(30)28-23-13-14-25(31-3)22(16-23)15-20-7-5-4-6-8-20/h4-14,16,24H,15,17H2,1-3H3,(H,27,29)(H,28,30). The van der Waals surface area contributed by atoms with Crippen LogP contribution in [0.2, 0.25) is 0 Å². The van der Waals surface area contributed by atoms with Crippen LogP contribution in [0, 0.1) is 6.92 Å². The maximum Gasteiger partial charge on any atom is 0.226 e. The van der Waals surface area contributed by atoms with Crippen LogP contribution in [0.3, 0.4) is 0 Å². The van der Waals surface area contributed by atoms with Crippen molar-refractivity contribution in [3.63, 3.8) is 0 Å². The average Bonchev–Trinajstić information content (AvgIpc) is 2.74. The largest absolute Gasteiger partial charge is 0.496 e. The molecule has 3 aromatic rings. The molecule has 0 saturated heterocycles. The van der Waals surface area contributed by atoms with Crippen LogP contribution in [0.25, 0.3) is 0 Å². The van der Waals surface area contributed by atoms with Gasteiger partial charge >= 0.3 is 0 Å². The molecule has 0 spiro atoms. The summed E-state index contributed by atoms with van der Waals surface area (Å²) >= 11 is 0. The lowest BCUT2D eigenvalue weighted by atomic mass is 10.0. The minimum absolute atomic E-state index is 0.142. The van der Waals surface area contributed by atoms with E-state index >= 15 is 0 Å². The number of benzene rings is 3. The molecule has 2 amide bonds. The van der Waals surface area contributed by atoms with Gasteiger partial charge in [0, 0.05) is 24.6 Å². The second kappa shape index (κ2) is 10.4. The normalized spacial score (nSPS) is 11.5. The molecule has 0 aliphatic carbocycles. The van der Waals surface area contributed by atoms with Gasteiger partial charge in [-0.05, 0) is 36.2 Å². The second-order valence-corrected chi connectivity index (χ2v) is 7.61. The van der Waals surface area contributed by atoms with Gasteiger partial charge in [0.1, 0.15) is 5.75 Å². The first-order valence-electron chi connectivity index (χ1n) is 10.3. The van der Waals surface area contributed by atoms with Crippen molar-refractivity contribution < 1.29 is 14.3 Å². The summed E-state index contributed by atoms with van der Waals surface area (Å²) in [6.45, 7) is 3.46. The first-order chi connectivity index (χ1) is 14.9. The fourth-order valence-electron chi connectivity index (χ4n) is 3.50. The highest BCUT2D eigenvalue weighted by Crippen LogP contribution is 2.26. The predicted molar refractivity (Wildman–Crippen MR) is 123 cm³/mol. The van der Waals surface area contributed by atoms with Crippen LogP contribution in [0.15, 0.2) is 72.8 Å². The van der Waals surface area contributed by atoms with Crippen molar-refractivity contribution in [3.05, 3.63) is 95.1 Å². The lowest BCUT2D eigenvalue weighted by Crippen LogP contribution is -2.29. The molecule has 3 rings (SSSR count). The molecule has 1 atom stereocenters. The van der Waals surface area contributed by atoms with Crippen molar-refractivity contribution in [1.82, 2.24) is 5.32 Å². The van der Waals surface area contributed by atoms with Crippen LogP contribution in [-0.2, 0) is 16.0 Å². The van der Waals surface area contributed by atoms with E-state index in [0.717, 1.165) is 28.0 Å². The molecule has 0 fully saturated rings. The smallest absolute Gasteiger partial charge is 0.226 e. The number of anilines is 1. The topological polar surface area (TPSA) is 67.4 Å². The number of rotatable bonds is 8. The molecule has 0 aliphatic rings. The van der Waals surface area contributed by atoms with Gasteiger partial charge in [0.15, 0.2) is 0 Å². The minimum Gasteiger partial charge on any atom is -0.496 e. The van der Waals surface area contributed by atoms with E-state index in [2.05, 4.69) is 22.8 Å². The zero-order chi connectivity index (χ0) is 22.2. The SMILES string of the molecule is COc1ccc(NC(=O)CC(NC(C)=O)c2ccc(C)cc2)cc1Cc1ccccc1. The molecule has 3 aromatic carbocycles. The minimum atomic E-state index is -0.389. The Morgan fingerprint density at radius 3 is 2.32 bits per heavy atom. The predicted octanol–water partition coefficient (Wildman–Crippen LogP) is 4.80. The first-order valence-corrected chi connectivity index (χ1v) is 10.3. The van der Waals surface area contributed by atoms with Crippen molar-refractivity contribution >= 4 is 17.5 Å². The summed E-state index contributed by atoms with van der Waals surface area (Å²) in [5, 5.41) is 5.83. The van der Waals surface area contributed by atoms with Gasteiger partial charge < -0.3 is 15.4 Å². The zero-order valence-electron chi connectivity index (χ0n) is 18.1. The summed E-state index contributed by atoms with van der Waals surface area (Å²) in [6, 6.07) is 23.2. The lowest BCUT2D eigenvalue weighted by Gasteiger charge is -2.19. The molecule has 2 N–H and O–H groups in total. The summed E-state index contributed by atoms with van der Waals surface area (Å²) in [6.07, 6.45) is 0.842. The van der Waals surface area contributed by atoms with E-state index in [-0.39, 0.29) is 24.3 Å². The molecule has 31 heavy (non-hydrogen) atoms. The van der Waals surface area contributed by atoms with E-state index in [1.807, 2.05) is 67.6 Å². The zero-order valence-corrected chi connectivity index (χ0v) is 18.1. The molecular weight excluding hydrogens is 388 g/mol. The number of ether oxygens (including phenoxy) is 1. The Labute approximate surface area is 183 Å². The fraction of sp³-hybridized carbons (Fsp3) is 0.231. The van der Waals surface area contributed by atoms with Gasteiger partial charge in [-0.3, -0.25) is 9.59 Å². The molecule has 0 saturated carbocycles. The molecule has 0 radical (unpaired) electrons. The number of methoxy groups -OCH3 is 1. The summed E-state index contributed by atoms with van der Waals surface area (Å²) in [5.41, 5.74) is 4.87. The van der Waals surface area contributed by atoms with Crippen molar-refractivity contribution in [1.29, 1.82) is 0 Å². The molecule has 5 nitrogen and oxygen atoms in total. The monoisotopic (exact) mass is 416 g/mol. The van der Waals surface area contributed by atoms with Crippen LogP contribution in [0.1, 0.15) is 41.6 Å². The third-order valence-corrected chi connectivity index (χ3v) is 5.05. The highest BCUT2D eigenvalue weighted by Gasteiger charge is 2.18. The number of nitrogens with one attached hydrogen (secondary N) is 2. The summed E-state index contributed by atoms with van der Waals surface area (Å²) in [5.74, 6) is 0.431. The summed E-state index contributed by atoms with van der Waals surface area (Å²) in [4.78, 5) is 24.4. The van der Waals surface area contributed by atoms with Crippen LogP contribution in [-0.4, -0.2) is 18.9 Å². The number of carbonyl (C=O) groups is 2. The third kappa shape index (κ3) is 6.44. The molecule has 1 unspecified atom stereocenters. The third-order valence-electron chi connectivity index (χ3n) is 5.05. The Morgan fingerprint density at radius 2 is 1.68 bits per heavy atom. The van der Waals surface area contributed by atoms with Gasteiger partial charge in [-0.2, -0.15) is 0 Å². The Bertz CT molecular complexity index is 1030. The Morgan fingerprint density at radius 1 is 0.968 bits per heavy atom. The number of hydrogen-bond donors (Lipinski definition) is 2. The Balaban J connectivity index is 1.74. The molecule has 5 heteroatoms. The van der Waals surface area contributed by atoms with E-state index in [1.54, 1.807) is 7.11 Å². The second-order valence-electron chi connectivity index (χ2n) is 7.61. The van der Waals surface area contributed by atoms with Gasteiger partial charge in [0.25, 0.3) is 0 Å². The van der Waals surface area contributed by atoms with E-state index < -0.39 is 0 Å². The van der Waals surface area contributed by atoms with Gasteiger partial charge in [-0.25, -0.2) is 0 Å². The average molecular weight is 417 g/mol. The quantitative estimate of drug-likeness (QED) is 0.554. The molecular formula is C26H28N2O3. The molecule has 0 aliphatic heterocycles. The number of aryl methyl sites for hydroxylation is 1. The molecule has 0 heterocycles. The summed E-state index contributed by atoms with van der Waals surface area (Å²) in [7, 11) is 1.64.